The Balaban J connectivity index is 2.16. The van der Waals surface area contributed by atoms with Gasteiger partial charge in [-0.25, -0.2) is 4.68 Å². The van der Waals surface area contributed by atoms with E-state index in [2.05, 4.69) is 15.6 Å². The number of aromatic nitrogens is 3. The molecule has 2 unspecified atom stereocenters. The Morgan fingerprint density at radius 1 is 1.55 bits per heavy atom. The molecule has 2 heterocycles. The van der Waals surface area contributed by atoms with E-state index in [9.17, 15) is 5.11 Å². The fraction of sp³-hybridized carbons (Fsp3) is 0.667. The van der Waals surface area contributed by atoms with Crippen molar-refractivity contribution in [3.63, 3.8) is 0 Å². The Morgan fingerprint density at radius 3 is 3.00 bits per heavy atom. The standard InChI is InChI=1S/C6H10N4O/c11-6-4-7-3-5(6)10-2-1-8-9-10/h1-2,5-7,11H,3-4H2. The highest BCUT2D eigenvalue weighted by molar-refractivity contribution is 4.85. The zero-order chi connectivity index (χ0) is 7.68. The lowest BCUT2D eigenvalue weighted by atomic mass is 10.2. The highest BCUT2D eigenvalue weighted by Gasteiger charge is 2.26. The summed E-state index contributed by atoms with van der Waals surface area (Å²) >= 11 is 0. The van der Waals surface area contributed by atoms with Crippen LogP contribution in [0, 0.1) is 0 Å². The van der Waals surface area contributed by atoms with Gasteiger partial charge in [-0.05, 0) is 0 Å². The number of nitrogens with zero attached hydrogens (tertiary/aromatic N) is 3. The van der Waals surface area contributed by atoms with Crippen molar-refractivity contribution >= 4 is 0 Å². The second-order valence-corrected chi connectivity index (χ2v) is 2.68. The molecule has 1 aromatic heterocycles. The summed E-state index contributed by atoms with van der Waals surface area (Å²) in [5, 5.41) is 20.0. The number of rotatable bonds is 1. The maximum absolute atomic E-state index is 9.41. The summed E-state index contributed by atoms with van der Waals surface area (Å²) in [7, 11) is 0. The molecular weight excluding hydrogens is 144 g/mol. The largest absolute Gasteiger partial charge is 0.390 e. The molecule has 1 aromatic rings. The number of β-amino-alcohol motifs (C(OH)–C–C–N with tert-alkyl or cyclic N) is 1. The van der Waals surface area contributed by atoms with E-state index < -0.39 is 0 Å². The van der Waals surface area contributed by atoms with Crippen LogP contribution in [0.25, 0.3) is 0 Å². The molecule has 5 nitrogen and oxygen atoms in total. The van der Waals surface area contributed by atoms with Gasteiger partial charge in [-0.15, -0.1) is 5.10 Å². The van der Waals surface area contributed by atoms with Gasteiger partial charge in [0.2, 0.25) is 0 Å². The molecule has 1 aliphatic rings. The van der Waals surface area contributed by atoms with Crippen molar-refractivity contribution in [3.05, 3.63) is 12.4 Å². The maximum Gasteiger partial charge on any atom is 0.0932 e. The highest BCUT2D eigenvalue weighted by Crippen LogP contribution is 2.12. The summed E-state index contributed by atoms with van der Waals surface area (Å²) in [5.41, 5.74) is 0. The van der Waals surface area contributed by atoms with E-state index in [0.29, 0.717) is 6.54 Å². The Kier molecular flexibility index (Phi) is 1.59. The van der Waals surface area contributed by atoms with E-state index >= 15 is 0 Å². The van der Waals surface area contributed by atoms with Gasteiger partial charge in [0.1, 0.15) is 0 Å². The maximum atomic E-state index is 9.41. The van der Waals surface area contributed by atoms with Crippen molar-refractivity contribution in [2.75, 3.05) is 13.1 Å². The zero-order valence-corrected chi connectivity index (χ0v) is 6.01. The zero-order valence-electron chi connectivity index (χ0n) is 6.01. The van der Waals surface area contributed by atoms with Crippen molar-refractivity contribution in [1.82, 2.24) is 20.3 Å². The predicted octanol–water partition coefficient (Wildman–Crippen LogP) is -1.22. The molecule has 5 heteroatoms. The van der Waals surface area contributed by atoms with E-state index in [1.165, 1.54) is 0 Å². The van der Waals surface area contributed by atoms with Crippen LogP contribution in [0.3, 0.4) is 0 Å². The molecule has 0 aromatic carbocycles. The molecule has 0 spiro atoms. The first-order valence-corrected chi connectivity index (χ1v) is 3.62. The Bertz CT molecular complexity index is 222. The quantitative estimate of drug-likeness (QED) is 0.532. The molecule has 1 fully saturated rings. The van der Waals surface area contributed by atoms with Crippen LogP contribution in [0.5, 0.6) is 0 Å². The second-order valence-electron chi connectivity index (χ2n) is 2.68. The van der Waals surface area contributed by atoms with Crippen LogP contribution in [0.1, 0.15) is 6.04 Å². The lowest BCUT2D eigenvalue weighted by Crippen LogP contribution is -2.22. The van der Waals surface area contributed by atoms with Crippen molar-refractivity contribution in [3.8, 4) is 0 Å². The number of hydrogen-bond acceptors (Lipinski definition) is 4. The summed E-state index contributed by atoms with van der Waals surface area (Å²) in [6.07, 6.45) is 3.04. The fourth-order valence-electron chi connectivity index (χ4n) is 1.32. The van der Waals surface area contributed by atoms with E-state index in [1.54, 1.807) is 17.1 Å². The molecule has 1 saturated heterocycles. The number of aliphatic hydroxyl groups excluding tert-OH is 1. The molecule has 2 N–H and O–H groups in total. The van der Waals surface area contributed by atoms with E-state index in [4.69, 9.17) is 0 Å². The van der Waals surface area contributed by atoms with Gasteiger partial charge in [-0.2, -0.15) is 0 Å². The number of hydrogen-bond donors (Lipinski definition) is 2. The predicted molar refractivity (Wildman–Crippen MR) is 37.9 cm³/mol. The average molecular weight is 154 g/mol. The van der Waals surface area contributed by atoms with Crippen molar-refractivity contribution in [2.24, 2.45) is 0 Å². The molecule has 0 aliphatic carbocycles. The van der Waals surface area contributed by atoms with Gasteiger partial charge in [0, 0.05) is 19.3 Å². The molecule has 2 rings (SSSR count). The van der Waals surface area contributed by atoms with Crippen LogP contribution in [0.15, 0.2) is 12.4 Å². The van der Waals surface area contributed by atoms with Crippen LogP contribution in [-0.2, 0) is 0 Å². The minimum atomic E-state index is -0.336. The third-order valence-electron chi connectivity index (χ3n) is 1.93. The molecule has 0 radical (unpaired) electrons. The average Bonchev–Trinajstić information content (AvgIpc) is 2.55. The summed E-state index contributed by atoms with van der Waals surface area (Å²) in [4.78, 5) is 0. The van der Waals surface area contributed by atoms with E-state index in [0.717, 1.165) is 6.54 Å². The fourth-order valence-corrected chi connectivity index (χ4v) is 1.32. The molecular formula is C6H10N4O. The van der Waals surface area contributed by atoms with Gasteiger partial charge >= 0.3 is 0 Å². The lowest BCUT2D eigenvalue weighted by Gasteiger charge is -2.11. The van der Waals surface area contributed by atoms with Crippen LogP contribution >= 0.6 is 0 Å². The van der Waals surface area contributed by atoms with Crippen molar-refractivity contribution < 1.29 is 5.11 Å². The van der Waals surface area contributed by atoms with Gasteiger partial charge in [0.25, 0.3) is 0 Å². The molecule has 1 aliphatic heterocycles. The molecule has 2 atom stereocenters. The summed E-state index contributed by atoms with van der Waals surface area (Å²) in [6.45, 7) is 1.41. The molecule has 0 amide bonds. The minimum Gasteiger partial charge on any atom is -0.390 e. The van der Waals surface area contributed by atoms with Gasteiger partial charge in [0.15, 0.2) is 0 Å². The third-order valence-corrected chi connectivity index (χ3v) is 1.93. The second kappa shape index (κ2) is 2.60. The van der Waals surface area contributed by atoms with Gasteiger partial charge in [-0.3, -0.25) is 0 Å². The highest BCUT2D eigenvalue weighted by atomic mass is 16.3. The molecule has 60 valence electrons. The van der Waals surface area contributed by atoms with Gasteiger partial charge < -0.3 is 10.4 Å². The first-order valence-electron chi connectivity index (χ1n) is 3.62. The molecule has 0 saturated carbocycles. The molecule has 11 heavy (non-hydrogen) atoms. The lowest BCUT2D eigenvalue weighted by molar-refractivity contribution is 0.143. The minimum absolute atomic E-state index is 0.0532. The molecule has 0 bridgehead atoms. The summed E-state index contributed by atoms with van der Waals surface area (Å²) in [6, 6.07) is 0.0532. The van der Waals surface area contributed by atoms with E-state index in [-0.39, 0.29) is 12.1 Å². The van der Waals surface area contributed by atoms with E-state index in [1.807, 2.05) is 0 Å². The first-order chi connectivity index (χ1) is 5.38. The van der Waals surface area contributed by atoms with Crippen LogP contribution in [0.2, 0.25) is 0 Å². The van der Waals surface area contributed by atoms with Crippen molar-refractivity contribution in [1.29, 1.82) is 0 Å². The third kappa shape index (κ3) is 1.12. The Hall–Kier alpha value is -0.940. The normalized spacial score (nSPS) is 31.0. The number of nitrogens with one attached hydrogen (secondary N) is 1. The van der Waals surface area contributed by atoms with Gasteiger partial charge in [0.05, 0.1) is 18.3 Å². The Morgan fingerprint density at radius 2 is 2.45 bits per heavy atom. The smallest absolute Gasteiger partial charge is 0.0932 e. The number of aliphatic hydroxyl groups is 1. The summed E-state index contributed by atoms with van der Waals surface area (Å²) < 4.78 is 1.69. The SMILES string of the molecule is OC1CNCC1n1ccnn1. The van der Waals surface area contributed by atoms with Crippen LogP contribution < -0.4 is 5.32 Å². The van der Waals surface area contributed by atoms with Crippen LogP contribution in [-0.4, -0.2) is 39.3 Å². The summed E-state index contributed by atoms with van der Waals surface area (Å²) in [5.74, 6) is 0. The monoisotopic (exact) mass is 154 g/mol. The van der Waals surface area contributed by atoms with Crippen molar-refractivity contribution in [2.45, 2.75) is 12.1 Å². The topological polar surface area (TPSA) is 63.0 Å². The van der Waals surface area contributed by atoms with Crippen LogP contribution in [0.4, 0.5) is 0 Å². The Labute approximate surface area is 64.0 Å². The van der Waals surface area contributed by atoms with Gasteiger partial charge in [-0.1, -0.05) is 5.21 Å². The first kappa shape index (κ1) is 6.75.